The van der Waals surface area contributed by atoms with Gasteiger partial charge in [0, 0.05) is 25.7 Å². The van der Waals surface area contributed by atoms with E-state index < -0.39 is 0 Å². The first-order chi connectivity index (χ1) is 7.90. The summed E-state index contributed by atoms with van der Waals surface area (Å²) < 4.78 is 0. The number of rotatable bonds is 2. The van der Waals surface area contributed by atoms with Crippen molar-refractivity contribution in [1.29, 1.82) is 0 Å². The first kappa shape index (κ1) is 18.7. The van der Waals surface area contributed by atoms with Gasteiger partial charge in [-0.25, -0.2) is 0 Å². The van der Waals surface area contributed by atoms with Crippen LogP contribution in [0.5, 0.6) is 0 Å². The molecule has 1 aromatic rings. The minimum atomic E-state index is 0. The van der Waals surface area contributed by atoms with Crippen LogP contribution in [0.15, 0.2) is 30.3 Å². The van der Waals surface area contributed by atoms with Crippen LogP contribution in [0, 0.1) is 5.92 Å². The van der Waals surface area contributed by atoms with Crippen LogP contribution in [0.2, 0.25) is 0 Å². The van der Waals surface area contributed by atoms with Gasteiger partial charge in [0.05, 0.1) is 0 Å². The molecule has 0 saturated carbocycles. The molecule has 4 rings (SSSR count). The fourth-order valence-electron chi connectivity index (χ4n) is 3.01. The van der Waals surface area contributed by atoms with Gasteiger partial charge in [-0.1, -0.05) is 30.3 Å². The van der Waals surface area contributed by atoms with Gasteiger partial charge in [0.15, 0.2) is 0 Å². The minimum absolute atomic E-state index is 0. The van der Waals surface area contributed by atoms with Gasteiger partial charge in [0.1, 0.15) is 0 Å². The Morgan fingerprint density at radius 2 is 1.79 bits per heavy atom. The summed E-state index contributed by atoms with van der Waals surface area (Å²) in [5, 5.41) is 3.66. The number of piperidine rings is 1. The molecule has 2 unspecified atom stereocenters. The first-order valence-electron chi connectivity index (χ1n) is 6.40. The van der Waals surface area contributed by atoms with Crippen molar-refractivity contribution in [3.05, 3.63) is 35.9 Å². The number of hydrogen-bond acceptors (Lipinski definition) is 2. The standard InChI is InChI=1S/C14H20N2.2ClH.H2O/c1-2-4-12(5-3-1)9-16-10-13-6-7-14(11-16)15-8-13;;;/h1-5,13-15H,6-11H2;2*1H;1H2. The molecule has 3 aliphatic heterocycles. The highest BCUT2D eigenvalue weighted by Crippen LogP contribution is 2.22. The van der Waals surface area contributed by atoms with E-state index in [-0.39, 0.29) is 30.3 Å². The Hall–Kier alpha value is -0.320. The van der Waals surface area contributed by atoms with Crippen molar-refractivity contribution in [2.45, 2.75) is 25.4 Å². The molecule has 19 heavy (non-hydrogen) atoms. The molecule has 110 valence electrons. The average Bonchev–Trinajstić information content (AvgIpc) is 2.62. The van der Waals surface area contributed by atoms with E-state index in [0.29, 0.717) is 0 Å². The van der Waals surface area contributed by atoms with Crippen molar-refractivity contribution < 1.29 is 5.48 Å². The summed E-state index contributed by atoms with van der Waals surface area (Å²) >= 11 is 0. The molecule has 0 amide bonds. The summed E-state index contributed by atoms with van der Waals surface area (Å²) in [6.45, 7) is 4.86. The van der Waals surface area contributed by atoms with E-state index in [1.165, 1.54) is 38.0 Å². The summed E-state index contributed by atoms with van der Waals surface area (Å²) in [6.07, 6.45) is 2.79. The molecule has 2 bridgehead atoms. The zero-order valence-corrected chi connectivity index (χ0v) is 12.7. The Bertz CT molecular complexity index is 329. The van der Waals surface area contributed by atoms with Crippen molar-refractivity contribution in [3.63, 3.8) is 0 Å². The number of nitrogens with one attached hydrogen (secondary N) is 1. The summed E-state index contributed by atoms with van der Waals surface area (Å²) in [5.41, 5.74) is 1.45. The fourth-order valence-corrected chi connectivity index (χ4v) is 3.01. The normalized spacial score (nSPS) is 25.5. The molecule has 3 nitrogen and oxygen atoms in total. The molecule has 3 heterocycles. The molecule has 1 aromatic carbocycles. The monoisotopic (exact) mass is 306 g/mol. The lowest BCUT2D eigenvalue weighted by molar-refractivity contribution is 0.256. The lowest BCUT2D eigenvalue weighted by atomic mass is 9.97. The summed E-state index contributed by atoms with van der Waals surface area (Å²) in [6, 6.07) is 11.6. The molecule has 5 heteroatoms. The van der Waals surface area contributed by atoms with Crippen molar-refractivity contribution in [3.8, 4) is 0 Å². The molecule has 0 spiro atoms. The molecule has 2 atom stereocenters. The predicted octanol–water partition coefficient (Wildman–Crippen LogP) is 1.89. The smallest absolute Gasteiger partial charge is 0.0234 e. The number of nitrogens with zero attached hydrogens (tertiary/aromatic N) is 1. The van der Waals surface area contributed by atoms with Crippen molar-refractivity contribution in [2.24, 2.45) is 5.92 Å². The second kappa shape index (κ2) is 8.77. The molecular formula is C14H24Cl2N2O. The second-order valence-electron chi connectivity index (χ2n) is 5.23. The van der Waals surface area contributed by atoms with Gasteiger partial charge < -0.3 is 10.8 Å². The fraction of sp³-hybridized carbons (Fsp3) is 0.571. The van der Waals surface area contributed by atoms with E-state index >= 15 is 0 Å². The average molecular weight is 307 g/mol. The number of hydrogen-bond donors (Lipinski definition) is 1. The van der Waals surface area contributed by atoms with Crippen LogP contribution >= 0.6 is 24.8 Å². The summed E-state index contributed by atoms with van der Waals surface area (Å²) in [5.74, 6) is 0.877. The van der Waals surface area contributed by atoms with Gasteiger partial charge in [-0.2, -0.15) is 0 Å². The van der Waals surface area contributed by atoms with Gasteiger partial charge >= 0.3 is 0 Å². The third-order valence-electron chi connectivity index (χ3n) is 3.86. The predicted molar refractivity (Wildman–Crippen MR) is 84.3 cm³/mol. The highest BCUT2D eigenvalue weighted by Gasteiger charge is 2.28. The lowest BCUT2D eigenvalue weighted by Crippen LogP contribution is -2.39. The van der Waals surface area contributed by atoms with Gasteiger partial charge in [-0.15, -0.1) is 24.8 Å². The Balaban J connectivity index is 0.00000108. The Morgan fingerprint density at radius 1 is 1.05 bits per heavy atom. The summed E-state index contributed by atoms with van der Waals surface area (Å²) in [4.78, 5) is 2.62. The zero-order chi connectivity index (χ0) is 10.8. The Labute approximate surface area is 127 Å². The van der Waals surface area contributed by atoms with E-state index in [4.69, 9.17) is 0 Å². The van der Waals surface area contributed by atoms with Gasteiger partial charge in [-0.3, -0.25) is 4.90 Å². The maximum atomic E-state index is 3.66. The SMILES string of the molecule is Cl.Cl.O.c1ccc(CN2CC3CCC(C2)NC3)cc1. The van der Waals surface area contributed by atoms with E-state index in [1.54, 1.807) is 0 Å². The maximum absolute atomic E-state index is 3.66. The Morgan fingerprint density at radius 3 is 2.42 bits per heavy atom. The molecule has 0 aliphatic carbocycles. The van der Waals surface area contributed by atoms with Gasteiger partial charge in [-0.05, 0) is 30.9 Å². The van der Waals surface area contributed by atoms with Crippen LogP contribution in [0.4, 0.5) is 0 Å². The molecule has 0 aromatic heterocycles. The molecule has 3 saturated heterocycles. The molecule has 0 radical (unpaired) electrons. The number of benzene rings is 1. The van der Waals surface area contributed by atoms with E-state index in [9.17, 15) is 0 Å². The topological polar surface area (TPSA) is 46.8 Å². The molecule has 3 fully saturated rings. The molecule has 3 aliphatic rings. The van der Waals surface area contributed by atoms with Gasteiger partial charge in [0.2, 0.25) is 0 Å². The van der Waals surface area contributed by atoms with E-state index in [2.05, 4.69) is 40.5 Å². The van der Waals surface area contributed by atoms with Crippen LogP contribution in [0.1, 0.15) is 18.4 Å². The van der Waals surface area contributed by atoms with Crippen LogP contribution in [-0.2, 0) is 6.54 Å². The number of halogens is 2. The summed E-state index contributed by atoms with van der Waals surface area (Å²) in [7, 11) is 0. The second-order valence-corrected chi connectivity index (χ2v) is 5.23. The lowest BCUT2D eigenvalue weighted by Gasteiger charge is -2.23. The van der Waals surface area contributed by atoms with Crippen molar-refractivity contribution in [1.82, 2.24) is 10.2 Å². The van der Waals surface area contributed by atoms with Crippen LogP contribution < -0.4 is 5.32 Å². The van der Waals surface area contributed by atoms with Gasteiger partial charge in [0.25, 0.3) is 0 Å². The van der Waals surface area contributed by atoms with Crippen LogP contribution in [0.25, 0.3) is 0 Å². The quantitative estimate of drug-likeness (QED) is 0.907. The van der Waals surface area contributed by atoms with Crippen LogP contribution in [0.3, 0.4) is 0 Å². The molecule has 3 N–H and O–H groups in total. The third kappa shape index (κ3) is 4.93. The van der Waals surface area contributed by atoms with Crippen molar-refractivity contribution >= 4 is 24.8 Å². The van der Waals surface area contributed by atoms with E-state index in [1.807, 2.05) is 0 Å². The largest absolute Gasteiger partial charge is 0.412 e. The third-order valence-corrected chi connectivity index (χ3v) is 3.86. The first-order valence-corrected chi connectivity index (χ1v) is 6.40. The van der Waals surface area contributed by atoms with E-state index in [0.717, 1.165) is 18.5 Å². The zero-order valence-electron chi connectivity index (χ0n) is 11.0. The highest BCUT2D eigenvalue weighted by atomic mass is 35.5. The van der Waals surface area contributed by atoms with Crippen LogP contribution in [-0.4, -0.2) is 36.1 Å². The Kier molecular flexibility index (Phi) is 8.62. The number of fused-ring (bicyclic) bond motifs is 4. The highest BCUT2D eigenvalue weighted by molar-refractivity contribution is 5.85. The maximum Gasteiger partial charge on any atom is 0.0234 e. The molecular weight excluding hydrogens is 283 g/mol. The minimum Gasteiger partial charge on any atom is -0.412 e. The van der Waals surface area contributed by atoms with Crippen molar-refractivity contribution in [2.75, 3.05) is 19.6 Å².